The van der Waals surface area contributed by atoms with Crippen molar-refractivity contribution in [2.75, 3.05) is 55.6 Å². The van der Waals surface area contributed by atoms with Crippen LogP contribution in [-0.2, 0) is 22.6 Å². The van der Waals surface area contributed by atoms with E-state index in [1.807, 2.05) is 36.5 Å². The van der Waals surface area contributed by atoms with Gasteiger partial charge in [0.1, 0.15) is 6.04 Å². The Bertz CT molecular complexity index is 2240. The molecule has 3 aromatic carbocycles. The van der Waals surface area contributed by atoms with E-state index in [-0.39, 0.29) is 24.1 Å². The van der Waals surface area contributed by atoms with Crippen molar-refractivity contribution in [2.45, 2.75) is 57.5 Å². The number of imide groups is 1. The van der Waals surface area contributed by atoms with Gasteiger partial charge in [-0.1, -0.05) is 24.3 Å². The van der Waals surface area contributed by atoms with Gasteiger partial charge in [-0.15, -0.1) is 0 Å². The van der Waals surface area contributed by atoms with Gasteiger partial charge in [0.15, 0.2) is 0 Å². The van der Waals surface area contributed by atoms with E-state index in [2.05, 4.69) is 61.4 Å². The number of allylic oxidation sites excluding steroid dienone is 1. The molecule has 5 heterocycles. The lowest BCUT2D eigenvalue weighted by Crippen LogP contribution is -2.52. The minimum atomic E-state index is -0.897. The lowest BCUT2D eigenvalue weighted by atomic mass is 9.87. The van der Waals surface area contributed by atoms with Crippen LogP contribution in [0.15, 0.2) is 85.2 Å². The number of anilines is 2. The molecule has 0 saturated carbocycles. The first-order valence-electron chi connectivity index (χ1n) is 20.4. The summed E-state index contributed by atoms with van der Waals surface area (Å²) in [5.74, 6) is -1.03. The number of aryl methyl sites for hydroxylation is 1. The highest BCUT2D eigenvalue weighted by Crippen LogP contribution is 2.41. The van der Waals surface area contributed by atoms with E-state index in [1.54, 1.807) is 17.2 Å². The lowest BCUT2D eigenvalue weighted by molar-refractivity contribution is -0.136. The number of carboxylic acids is 1. The summed E-state index contributed by atoms with van der Waals surface area (Å²) in [6.07, 6.45) is 9.34. The fourth-order valence-electron chi connectivity index (χ4n) is 9.60. The van der Waals surface area contributed by atoms with Gasteiger partial charge in [0.05, 0.1) is 5.56 Å². The highest BCUT2D eigenvalue weighted by Gasteiger charge is 2.39. The van der Waals surface area contributed by atoms with Crippen molar-refractivity contribution < 1.29 is 24.3 Å². The average Bonchev–Trinajstić information content (AvgIpc) is 3.43. The monoisotopic (exact) mass is 764 g/mol. The Hall–Kier alpha value is -5.81. The first kappa shape index (κ1) is 36.8. The van der Waals surface area contributed by atoms with E-state index in [0.717, 1.165) is 111 Å². The number of pyridine rings is 1. The van der Waals surface area contributed by atoms with Crippen molar-refractivity contribution in [2.24, 2.45) is 5.92 Å². The maximum atomic E-state index is 13.2. The summed E-state index contributed by atoms with van der Waals surface area (Å²) in [6, 6.07) is 24.1. The predicted octanol–water partition coefficient (Wildman–Crippen LogP) is 5.87. The van der Waals surface area contributed by atoms with E-state index in [4.69, 9.17) is 0 Å². The van der Waals surface area contributed by atoms with Crippen LogP contribution in [0.1, 0.15) is 87.1 Å². The van der Waals surface area contributed by atoms with Crippen LogP contribution in [0.5, 0.6) is 0 Å². The highest BCUT2D eigenvalue weighted by atomic mass is 16.4. The maximum Gasteiger partial charge on any atom is 0.335 e. The molecule has 3 amide bonds. The van der Waals surface area contributed by atoms with E-state index in [1.165, 1.54) is 16.8 Å². The maximum absolute atomic E-state index is 13.2. The Balaban J connectivity index is 0.806. The fraction of sp³-hybridized carbons (Fsp3) is 0.370. The minimum absolute atomic E-state index is 0.132. The zero-order chi connectivity index (χ0) is 39.0. The molecule has 9 rings (SSSR count). The number of fused-ring (bicyclic) bond motifs is 2. The average molecular weight is 765 g/mol. The molecule has 57 heavy (non-hydrogen) atoms. The summed E-state index contributed by atoms with van der Waals surface area (Å²) in [5, 5.41) is 12.1. The number of amides is 3. The molecule has 11 heteroatoms. The number of piperazine rings is 1. The quantitative estimate of drug-likeness (QED) is 0.212. The van der Waals surface area contributed by atoms with E-state index < -0.39 is 12.0 Å². The molecular formula is C46H48N6O5. The standard InChI is InChI=1S/C46H48N6O5/c53-42-15-14-41(44(54)48-42)52-29-35-26-37(11-13-40(35)45(52)55)51-23-21-49(22-24-51)28-30-16-19-50(20-17-30)36-9-6-31(7-10-36)43-38(34-4-2-18-47-27-34)5-1-3-32-25-33(46(56)57)8-12-39(32)43/h2,4,6-13,18,25-27,30,41H,1,3,5,14-17,19-24,28-29H2,(H,56,57)(H,48,53,54)/t41-/m0/s1. The molecule has 11 nitrogen and oxygen atoms in total. The van der Waals surface area contributed by atoms with Crippen molar-refractivity contribution in [3.05, 3.63) is 124 Å². The molecule has 292 valence electrons. The molecule has 2 N–H and O–H groups in total. The first-order valence-corrected chi connectivity index (χ1v) is 20.4. The van der Waals surface area contributed by atoms with Crippen LogP contribution in [0.3, 0.4) is 0 Å². The van der Waals surface area contributed by atoms with Gasteiger partial charge in [-0.3, -0.25) is 29.6 Å². The third kappa shape index (κ3) is 7.44. The van der Waals surface area contributed by atoms with Crippen molar-refractivity contribution in [1.29, 1.82) is 0 Å². The Morgan fingerprint density at radius 1 is 0.754 bits per heavy atom. The van der Waals surface area contributed by atoms with Crippen molar-refractivity contribution in [3.8, 4) is 0 Å². The van der Waals surface area contributed by atoms with Crippen LogP contribution in [0, 0.1) is 5.92 Å². The molecule has 3 fully saturated rings. The van der Waals surface area contributed by atoms with Crippen molar-refractivity contribution in [3.63, 3.8) is 0 Å². The molecule has 0 spiro atoms. The number of nitrogens with one attached hydrogen (secondary N) is 1. The van der Waals surface area contributed by atoms with E-state index >= 15 is 0 Å². The Kier molecular flexibility index (Phi) is 10.1. The van der Waals surface area contributed by atoms with Gasteiger partial charge < -0.3 is 19.8 Å². The number of aromatic carboxylic acids is 1. The number of hydrogen-bond donors (Lipinski definition) is 2. The summed E-state index contributed by atoms with van der Waals surface area (Å²) in [4.78, 5) is 62.6. The Labute approximate surface area is 333 Å². The molecule has 1 atom stereocenters. The number of carboxylic acid groups (broad SMARTS) is 1. The van der Waals surface area contributed by atoms with Gasteiger partial charge in [0, 0.05) is 88.1 Å². The molecular weight excluding hydrogens is 717 g/mol. The molecule has 3 saturated heterocycles. The summed E-state index contributed by atoms with van der Waals surface area (Å²) in [5.41, 5.74) is 11.1. The van der Waals surface area contributed by atoms with Crippen LogP contribution in [0.2, 0.25) is 0 Å². The van der Waals surface area contributed by atoms with Crippen LogP contribution < -0.4 is 15.1 Å². The first-order chi connectivity index (χ1) is 27.8. The molecule has 1 aliphatic carbocycles. The number of hydrogen-bond acceptors (Lipinski definition) is 8. The largest absolute Gasteiger partial charge is 0.478 e. The molecule has 0 radical (unpaired) electrons. The molecule has 0 unspecified atom stereocenters. The summed E-state index contributed by atoms with van der Waals surface area (Å²) in [6.45, 7) is 7.41. The van der Waals surface area contributed by atoms with Gasteiger partial charge in [0.25, 0.3) is 5.91 Å². The fourth-order valence-corrected chi connectivity index (χ4v) is 9.60. The smallest absolute Gasteiger partial charge is 0.335 e. The van der Waals surface area contributed by atoms with Crippen molar-refractivity contribution in [1.82, 2.24) is 20.1 Å². The van der Waals surface area contributed by atoms with Gasteiger partial charge in [0.2, 0.25) is 11.8 Å². The molecule has 0 bridgehead atoms. The van der Waals surface area contributed by atoms with Crippen molar-refractivity contribution >= 4 is 46.2 Å². The van der Waals surface area contributed by atoms with E-state index in [9.17, 15) is 24.3 Å². The summed E-state index contributed by atoms with van der Waals surface area (Å²) < 4.78 is 0. The number of carbonyl (C=O) groups excluding carboxylic acids is 3. The van der Waals surface area contributed by atoms with Gasteiger partial charge in [-0.2, -0.15) is 0 Å². The van der Waals surface area contributed by atoms with Crippen LogP contribution in [0.25, 0.3) is 11.1 Å². The van der Waals surface area contributed by atoms with Crippen LogP contribution in [-0.4, -0.2) is 95.4 Å². The lowest BCUT2D eigenvalue weighted by Gasteiger charge is -2.40. The van der Waals surface area contributed by atoms with Crippen LogP contribution in [0.4, 0.5) is 11.4 Å². The Morgan fingerprint density at radius 2 is 1.51 bits per heavy atom. The third-order valence-corrected chi connectivity index (χ3v) is 12.7. The van der Waals surface area contributed by atoms with E-state index in [0.29, 0.717) is 30.0 Å². The molecule has 4 aliphatic heterocycles. The topological polar surface area (TPSA) is 126 Å². The zero-order valence-electron chi connectivity index (χ0n) is 32.2. The normalized spacial score (nSPS) is 20.7. The molecule has 5 aliphatic rings. The Morgan fingerprint density at radius 3 is 2.25 bits per heavy atom. The SMILES string of the molecule is O=C1CC[C@H](N2Cc3cc(N4CCN(CC5CCN(c6ccc(C7=C(c8cccnc8)CCCc8cc(C(=O)O)ccc87)cc6)CC5)CC4)ccc3C2=O)C(=O)N1. The third-order valence-electron chi connectivity index (χ3n) is 12.7. The number of rotatable bonds is 8. The molecule has 4 aromatic rings. The molecule has 1 aromatic heterocycles. The second-order valence-corrected chi connectivity index (χ2v) is 16.1. The number of aromatic nitrogens is 1. The number of piperidine rings is 2. The number of nitrogens with zero attached hydrogens (tertiary/aromatic N) is 5. The second-order valence-electron chi connectivity index (χ2n) is 16.1. The summed E-state index contributed by atoms with van der Waals surface area (Å²) in [7, 11) is 0. The van der Waals surface area contributed by atoms with Crippen LogP contribution >= 0.6 is 0 Å². The van der Waals surface area contributed by atoms with Gasteiger partial charge >= 0.3 is 5.97 Å². The number of benzene rings is 3. The second kappa shape index (κ2) is 15.6. The number of carbonyl (C=O) groups is 4. The van der Waals surface area contributed by atoms with Gasteiger partial charge in [-0.05, 0) is 132 Å². The predicted molar refractivity (Wildman–Crippen MR) is 219 cm³/mol. The highest BCUT2D eigenvalue weighted by molar-refractivity contribution is 6.05. The van der Waals surface area contributed by atoms with Gasteiger partial charge in [-0.25, -0.2) is 4.79 Å². The minimum Gasteiger partial charge on any atom is -0.478 e. The zero-order valence-corrected chi connectivity index (χ0v) is 32.2. The summed E-state index contributed by atoms with van der Waals surface area (Å²) >= 11 is 0.